The van der Waals surface area contributed by atoms with Gasteiger partial charge in [-0.3, -0.25) is 0 Å². The maximum atomic E-state index is 11.6. The standard InChI is InChI=1S/C16H28N2O6/c1-15(2)23-12-11(22-14(19)20-4)10(21-13(12)24-15)9-18-7-5-16(3,17)6-8-18/h10-13H,5-9,17H2,1-4H3/t10-,11-,12-,13-/m1/s1. The smallest absolute Gasteiger partial charge is 0.438 e. The van der Waals surface area contributed by atoms with Gasteiger partial charge in [0.15, 0.2) is 24.3 Å². The second-order valence-corrected chi connectivity index (χ2v) is 7.63. The predicted octanol–water partition coefficient (Wildman–Crippen LogP) is 0.828. The molecule has 24 heavy (non-hydrogen) atoms. The summed E-state index contributed by atoms with van der Waals surface area (Å²) < 4.78 is 27.7. The average Bonchev–Trinajstić information content (AvgIpc) is 2.94. The van der Waals surface area contributed by atoms with Crippen molar-refractivity contribution in [2.24, 2.45) is 5.73 Å². The van der Waals surface area contributed by atoms with Gasteiger partial charge in [0.2, 0.25) is 0 Å². The number of carbonyl (C=O) groups is 1. The van der Waals surface area contributed by atoms with Crippen LogP contribution in [0, 0.1) is 0 Å². The molecule has 8 nitrogen and oxygen atoms in total. The minimum Gasteiger partial charge on any atom is -0.438 e. The third kappa shape index (κ3) is 3.83. The zero-order chi connectivity index (χ0) is 17.5. The second-order valence-electron chi connectivity index (χ2n) is 7.63. The molecule has 8 heteroatoms. The van der Waals surface area contributed by atoms with E-state index >= 15 is 0 Å². The molecule has 3 aliphatic heterocycles. The first-order chi connectivity index (χ1) is 11.2. The molecule has 138 valence electrons. The minimum atomic E-state index is -0.759. The Morgan fingerprint density at radius 3 is 2.54 bits per heavy atom. The molecule has 3 rings (SSSR count). The largest absolute Gasteiger partial charge is 0.508 e. The summed E-state index contributed by atoms with van der Waals surface area (Å²) in [7, 11) is 1.29. The van der Waals surface area contributed by atoms with Gasteiger partial charge in [-0.2, -0.15) is 0 Å². The van der Waals surface area contributed by atoms with Crippen LogP contribution in [0.1, 0.15) is 33.6 Å². The highest BCUT2D eigenvalue weighted by Crippen LogP contribution is 2.39. The Hall–Kier alpha value is -0.930. The van der Waals surface area contributed by atoms with E-state index in [0.717, 1.165) is 25.9 Å². The van der Waals surface area contributed by atoms with Crippen molar-refractivity contribution in [3.63, 3.8) is 0 Å². The van der Waals surface area contributed by atoms with E-state index in [1.54, 1.807) is 0 Å². The number of rotatable bonds is 3. The van der Waals surface area contributed by atoms with Crippen LogP contribution in [-0.4, -0.2) is 73.7 Å². The maximum Gasteiger partial charge on any atom is 0.508 e. The lowest BCUT2D eigenvalue weighted by atomic mass is 9.91. The first-order valence-corrected chi connectivity index (χ1v) is 8.46. The summed E-state index contributed by atoms with van der Waals surface area (Å²) in [6, 6.07) is 0. The van der Waals surface area contributed by atoms with Crippen LogP contribution in [0.25, 0.3) is 0 Å². The van der Waals surface area contributed by atoms with Crippen LogP contribution < -0.4 is 5.73 Å². The van der Waals surface area contributed by atoms with E-state index in [1.165, 1.54) is 7.11 Å². The van der Waals surface area contributed by atoms with Crippen LogP contribution in [0.5, 0.6) is 0 Å². The summed E-state index contributed by atoms with van der Waals surface area (Å²) in [6.07, 6.45) is -0.758. The molecule has 0 aromatic carbocycles. The van der Waals surface area contributed by atoms with Crippen molar-refractivity contribution in [3.05, 3.63) is 0 Å². The fourth-order valence-corrected chi connectivity index (χ4v) is 3.50. The maximum absolute atomic E-state index is 11.6. The number of nitrogens with two attached hydrogens (primary N) is 1. The van der Waals surface area contributed by atoms with Crippen molar-refractivity contribution < 1.29 is 28.5 Å². The Morgan fingerprint density at radius 2 is 1.92 bits per heavy atom. The molecule has 0 aliphatic carbocycles. The Kier molecular flexibility index (Phi) is 4.78. The van der Waals surface area contributed by atoms with Crippen LogP contribution in [-0.2, 0) is 23.7 Å². The fraction of sp³-hybridized carbons (Fsp3) is 0.938. The SMILES string of the molecule is COC(=O)O[C@H]1[C@H]2OC(C)(C)O[C@H]2O[C@@H]1CN1CCC(C)(N)CC1. The Bertz CT molecular complexity index is 473. The highest BCUT2D eigenvalue weighted by molar-refractivity contribution is 5.60. The Morgan fingerprint density at radius 1 is 1.25 bits per heavy atom. The number of ether oxygens (including phenoxy) is 5. The van der Waals surface area contributed by atoms with E-state index in [4.69, 9.17) is 24.7 Å². The summed E-state index contributed by atoms with van der Waals surface area (Å²) in [6.45, 7) is 8.11. The van der Waals surface area contributed by atoms with E-state index < -0.39 is 30.4 Å². The molecule has 0 radical (unpaired) electrons. The molecule has 0 amide bonds. The predicted molar refractivity (Wildman–Crippen MR) is 84.2 cm³/mol. The van der Waals surface area contributed by atoms with E-state index in [1.807, 2.05) is 13.8 Å². The van der Waals surface area contributed by atoms with Crippen molar-refractivity contribution in [1.29, 1.82) is 0 Å². The monoisotopic (exact) mass is 344 g/mol. The molecule has 3 saturated heterocycles. The Balaban J connectivity index is 1.64. The number of nitrogens with zero attached hydrogens (tertiary/aromatic N) is 1. The molecular weight excluding hydrogens is 316 g/mol. The molecule has 3 fully saturated rings. The van der Waals surface area contributed by atoms with Crippen molar-refractivity contribution in [1.82, 2.24) is 4.90 Å². The first-order valence-electron chi connectivity index (χ1n) is 8.46. The van der Waals surface area contributed by atoms with Crippen molar-refractivity contribution in [3.8, 4) is 0 Å². The van der Waals surface area contributed by atoms with Gasteiger partial charge in [0.25, 0.3) is 0 Å². The van der Waals surface area contributed by atoms with Crippen LogP contribution in [0.3, 0.4) is 0 Å². The number of piperidine rings is 1. The van der Waals surface area contributed by atoms with Crippen LogP contribution >= 0.6 is 0 Å². The summed E-state index contributed by atoms with van der Waals surface area (Å²) in [5.74, 6) is -0.759. The zero-order valence-corrected chi connectivity index (χ0v) is 14.8. The minimum absolute atomic E-state index is 0.109. The molecule has 0 bridgehead atoms. The van der Waals surface area contributed by atoms with Gasteiger partial charge in [-0.25, -0.2) is 4.79 Å². The van der Waals surface area contributed by atoms with Gasteiger partial charge < -0.3 is 34.3 Å². The summed E-state index contributed by atoms with van der Waals surface area (Å²) >= 11 is 0. The van der Waals surface area contributed by atoms with Crippen molar-refractivity contribution in [2.75, 3.05) is 26.7 Å². The van der Waals surface area contributed by atoms with Crippen LogP contribution in [0.15, 0.2) is 0 Å². The molecule has 3 heterocycles. The molecule has 4 atom stereocenters. The van der Waals surface area contributed by atoms with Crippen LogP contribution in [0.4, 0.5) is 4.79 Å². The van der Waals surface area contributed by atoms with Gasteiger partial charge in [-0.1, -0.05) is 0 Å². The molecule has 0 aromatic heterocycles. The molecular formula is C16H28N2O6. The quantitative estimate of drug-likeness (QED) is 0.753. The van der Waals surface area contributed by atoms with Gasteiger partial charge in [0, 0.05) is 12.1 Å². The number of methoxy groups -OCH3 is 1. The van der Waals surface area contributed by atoms with Gasteiger partial charge in [0.05, 0.1) is 7.11 Å². The molecule has 0 unspecified atom stereocenters. The summed E-state index contributed by atoms with van der Waals surface area (Å²) in [4.78, 5) is 13.9. The van der Waals surface area contributed by atoms with Gasteiger partial charge in [0.1, 0.15) is 6.10 Å². The van der Waals surface area contributed by atoms with Gasteiger partial charge in [-0.15, -0.1) is 0 Å². The number of fused-ring (bicyclic) bond motifs is 1. The normalized spacial score (nSPS) is 37.9. The molecule has 0 spiro atoms. The van der Waals surface area contributed by atoms with Crippen LogP contribution in [0.2, 0.25) is 0 Å². The highest BCUT2D eigenvalue weighted by atomic mass is 16.8. The Labute approximate surface area is 142 Å². The lowest BCUT2D eigenvalue weighted by Crippen LogP contribution is -2.51. The third-order valence-corrected chi connectivity index (χ3v) is 4.92. The van der Waals surface area contributed by atoms with E-state index in [-0.39, 0.29) is 11.6 Å². The third-order valence-electron chi connectivity index (χ3n) is 4.92. The molecule has 0 saturated carbocycles. The fourth-order valence-electron chi connectivity index (χ4n) is 3.50. The average molecular weight is 344 g/mol. The van der Waals surface area contributed by atoms with Crippen molar-refractivity contribution in [2.45, 2.75) is 69.5 Å². The lowest BCUT2D eigenvalue weighted by molar-refractivity contribution is -0.217. The van der Waals surface area contributed by atoms with E-state index in [2.05, 4.69) is 16.6 Å². The zero-order valence-electron chi connectivity index (χ0n) is 14.8. The van der Waals surface area contributed by atoms with Crippen molar-refractivity contribution >= 4 is 6.16 Å². The van der Waals surface area contributed by atoms with Gasteiger partial charge >= 0.3 is 6.16 Å². The lowest BCUT2D eigenvalue weighted by Gasteiger charge is -2.38. The molecule has 2 N–H and O–H groups in total. The number of hydrogen-bond acceptors (Lipinski definition) is 8. The topological polar surface area (TPSA) is 92.5 Å². The second kappa shape index (κ2) is 6.42. The first kappa shape index (κ1) is 17.9. The van der Waals surface area contributed by atoms with Gasteiger partial charge in [-0.05, 0) is 46.7 Å². The van der Waals surface area contributed by atoms with E-state index in [0.29, 0.717) is 6.54 Å². The number of hydrogen-bond donors (Lipinski definition) is 1. The molecule has 0 aromatic rings. The summed E-state index contributed by atoms with van der Waals surface area (Å²) in [5.41, 5.74) is 6.07. The molecule has 3 aliphatic rings. The number of carbonyl (C=O) groups excluding carboxylic acids is 1. The highest BCUT2D eigenvalue weighted by Gasteiger charge is 2.57. The van der Waals surface area contributed by atoms with E-state index in [9.17, 15) is 4.79 Å². The number of likely N-dealkylation sites (tertiary alicyclic amines) is 1. The summed E-state index contributed by atoms with van der Waals surface area (Å²) in [5, 5.41) is 0.